The molecule has 0 radical (unpaired) electrons. The lowest BCUT2D eigenvalue weighted by molar-refractivity contribution is -0.120. The van der Waals surface area contributed by atoms with Crippen LogP contribution in [0.3, 0.4) is 0 Å². The maximum atomic E-state index is 11.3. The van der Waals surface area contributed by atoms with Crippen LogP contribution in [0.15, 0.2) is 16.5 Å². The molecular weight excluding hydrogens is 228 g/mol. The third-order valence-electron chi connectivity index (χ3n) is 1.92. The van der Waals surface area contributed by atoms with Gasteiger partial charge in [0.05, 0.1) is 13.1 Å². The largest absolute Gasteiger partial charge is 0.448 e. The van der Waals surface area contributed by atoms with Crippen molar-refractivity contribution in [1.29, 1.82) is 0 Å². The maximum Gasteiger partial charge on any atom is 0.233 e. The van der Waals surface area contributed by atoms with Gasteiger partial charge in [0.25, 0.3) is 0 Å². The Morgan fingerprint density at radius 1 is 1.50 bits per heavy atom. The molecule has 0 aliphatic carbocycles. The molecule has 0 bridgehead atoms. The summed E-state index contributed by atoms with van der Waals surface area (Å²) in [5, 5.41) is 6.15. The molecule has 1 rings (SSSR count). The molecule has 0 saturated carbocycles. The molecule has 90 valence electrons. The van der Waals surface area contributed by atoms with E-state index in [1.54, 1.807) is 12.1 Å². The average molecular weight is 245 g/mol. The van der Waals surface area contributed by atoms with E-state index < -0.39 is 0 Å². The molecule has 0 atom stereocenters. The van der Waals surface area contributed by atoms with Crippen LogP contribution >= 0.6 is 11.6 Å². The van der Waals surface area contributed by atoms with Crippen molar-refractivity contribution in [1.82, 2.24) is 10.6 Å². The van der Waals surface area contributed by atoms with Gasteiger partial charge in [0.2, 0.25) is 5.91 Å². The number of furan rings is 1. The molecule has 2 N–H and O–H groups in total. The molecule has 4 nitrogen and oxygen atoms in total. The molecule has 16 heavy (non-hydrogen) atoms. The molecule has 0 aromatic carbocycles. The number of halogens is 1. The summed E-state index contributed by atoms with van der Waals surface area (Å²) in [5.41, 5.74) is 0. The minimum absolute atomic E-state index is 0.00801. The van der Waals surface area contributed by atoms with E-state index in [0.717, 1.165) is 5.76 Å². The monoisotopic (exact) mass is 244 g/mol. The summed E-state index contributed by atoms with van der Waals surface area (Å²) in [6, 6.07) is 3.46. The second-order valence-electron chi connectivity index (χ2n) is 4.01. The zero-order chi connectivity index (χ0) is 12.0. The number of carbonyl (C=O) groups is 1. The molecule has 0 fully saturated rings. The minimum Gasteiger partial charge on any atom is -0.448 e. The zero-order valence-electron chi connectivity index (χ0n) is 9.55. The van der Waals surface area contributed by atoms with Crippen molar-refractivity contribution in [2.45, 2.75) is 20.4 Å². The Balaban J connectivity index is 2.13. The summed E-state index contributed by atoms with van der Waals surface area (Å²) >= 11 is 5.61. The van der Waals surface area contributed by atoms with Crippen molar-refractivity contribution in [2.24, 2.45) is 5.92 Å². The Bertz CT molecular complexity index is 336. The van der Waals surface area contributed by atoms with Gasteiger partial charge < -0.3 is 15.1 Å². The highest BCUT2D eigenvalue weighted by molar-refractivity contribution is 6.28. The van der Waals surface area contributed by atoms with E-state index in [2.05, 4.69) is 24.5 Å². The Labute approximate surface area is 100 Å². The topological polar surface area (TPSA) is 54.3 Å². The fourth-order valence-electron chi connectivity index (χ4n) is 1.13. The van der Waals surface area contributed by atoms with Crippen molar-refractivity contribution < 1.29 is 9.21 Å². The lowest BCUT2D eigenvalue weighted by atomic mass is 10.2. The van der Waals surface area contributed by atoms with Crippen LogP contribution in [0.4, 0.5) is 0 Å². The summed E-state index contributed by atoms with van der Waals surface area (Å²) in [6.07, 6.45) is 0. The van der Waals surface area contributed by atoms with Crippen LogP contribution in [0.2, 0.25) is 5.22 Å². The molecule has 5 heteroatoms. The molecule has 0 unspecified atom stereocenters. The number of hydrogen-bond donors (Lipinski definition) is 2. The molecule has 0 aliphatic rings. The fraction of sp³-hybridized carbons (Fsp3) is 0.545. The van der Waals surface area contributed by atoms with Gasteiger partial charge in [-0.2, -0.15) is 0 Å². The highest BCUT2D eigenvalue weighted by Crippen LogP contribution is 2.12. The molecule has 1 aromatic rings. The predicted octanol–water partition coefficient (Wildman–Crippen LogP) is 1.79. The average Bonchev–Trinajstić information content (AvgIpc) is 2.61. The van der Waals surface area contributed by atoms with E-state index in [4.69, 9.17) is 16.0 Å². The smallest absolute Gasteiger partial charge is 0.233 e. The SMILES string of the molecule is CC(C)CNC(=O)CNCc1ccc(Cl)o1. The normalized spacial score (nSPS) is 10.8. The summed E-state index contributed by atoms with van der Waals surface area (Å²) in [6.45, 7) is 5.59. The summed E-state index contributed by atoms with van der Waals surface area (Å²) in [4.78, 5) is 11.3. The van der Waals surface area contributed by atoms with Gasteiger partial charge >= 0.3 is 0 Å². The van der Waals surface area contributed by atoms with Crippen LogP contribution in [0.25, 0.3) is 0 Å². The Hall–Kier alpha value is -1.00. The van der Waals surface area contributed by atoms with Crippen LogP contribution in [-0.2, 0) is 11.3 Å². The summed E-state index contributed by atoms with van der Waals surface area (Å²) in [5.74, 6) is 1.18. The van der Waals surface area contributed by atoms with Crippen molar-refractivity contribution in [3.8, 4) is 0 Å². The van der Waals surface area contributed by atoms with Gasteiger partial charge in [-0.3, -0.25) is 4.79 Å². The van der Waals surface area contributed by atoms with Gasteiger partial charge in [-0.25, -0.2) is 0 Å². The first-order chi connectivity index (χ1) is 7.58. The first-order valence-electron chi connectivity index (χ1n) is 5.29. The van der Waals surface area contributed by atoms with E-state index in [1.807, 2.05) is 0 Å². The standard InChI is InChI=1S/C11H17ClN2O2/c1-8(2)5-14-11(15)7-13-6-9-3-4-10(12)16-9/h3-4,8,13H,5-7H2,1-2H3,(H,14,15). The van der Waals surface area contributed by atoms with Gasteiger partial charge in [0.1, 0.15) is 5.76 Å². The van der Waals surface area contributed by atoms with E-state index in [0.29, 0.717) is 24.2 Å². The second-order valence-corrected chi connectivity index (χ2v) is 4.38. The van der Waals surface area contributed by atoms with Crippen molar-refractivity contribution >= 4 is 17.5 Å². The first-order valence-corrected chi connectivity index (χ1v) is 5.67. The van der Waals surface area contributed by atoms with E-state index in [1.165, 1.54) is 0 Å². The number of carbonyl (C=O) groups excluding carboxylic acids is 1. The number of rotatable bonds is 6. The van der Waals surface area contributed by atoms with Crippen LogP contribution in [0.1, 0.15) is 19.6 Å². The minimum atomic E-state index is -0.00801. The first kappa shape index (κ1) is 13.1. The van der Waals surface area contributed by atoms with Gasteiger partial charge in [-0.1, -0.05) is 13.8 Å². The van der Waals surface area contributed by atoms with Gasteiger partial charge in [0.15, 0.2) is 5.22 Å². The Morgan fingerprint density at radius 3 is 2.81 bits per heavy atom. The van der Waals surface area contributed by atoms with E-state index >= 15 is 0 Å². The van der Waals surface area contributed by atoms with Crippen LogP contribution in [0, 0.1) is 5.92 Å². The molecule has 0 saturated heterocycles. The molecule has 0 spiro atoms. The van der Waals surface area contributed by atoms with Crippen LogP contribution in [0.5, 0.6) is 0 Å². The Morgan fingerprint density at radius 2 is 2.25 bits per heavy atom. The maximum absolute atomic E-state index is 11.3. The summed E-state index contributed by atoms with van der Waals surface area (Å²) in [7, 11) is 0. The molecule has 1 heterocycles. The third-order valence-corrected chi connectivity index (χ3v) is 2.12. The number of amides is 1. The summed E-state index contributed by atoms with van der Waals surface area (Å²) < 4.78 is 5.13. The van der Waals surface area contributed by atoms with E-state index in [-0.39, 0.29) is 12.5 Å². The van der Waals surface area contributed by atoms with Gasteiger partial charge in [0, 0.05) is 6.54 Å². The fourth-order valence-corrected chi connectivity index (χ4v) is 1.29. The molecule has 0 aliphatic heterocycles. The quantitative estimate of drug-likeness (QED) is 0.802. The molecule has 1 amide bonds. The molecular formula is C11H17ClN2O2. The number of hydrogen-bond acceptors (Lipinski definition) is 3. The third kappa shape index (κ3) is 5.19. The van der Waals surface area contributed by atoms with Gasteiger partial charge in [-0.15, -0.1) is 0 Å². The number of nitrogens with one attached hydrogen (secondary N) is 2. The highest BCUT2D eigenvalue weighted by Gasteiger charge is 2.03. The van der Waals surface area contributed by atoms with Crippen molar-refractivity contribution in [3.05, 3.63) is 23.1 Å². The van der Waals surface area contributed by atoms with Crippen LogP contribution in [-0.4, -0.2) is 19.0 Å². The predicted molar refractivity (Wildman–Crippen MR) is 63.3 cm³/mol. The second kappa shape index (κ2) is 6.55. The van der Waals surface area contributed by atoms with Crippen LogP contribution < -0.4 is 10.6 Å². The van der Waals surface area contributed by atoms with E-state index in [9.17, 15) is 4.79 Å². The Kier molecular flexibility index (Phi) is 5.35. The lowest BCUT2D eigenvalue weighted by Gasteiger charge is -2.07. The zero-order valence-corrected chi connectivity index (χ0v) is 10.3. The lowest BCUT2D eigenvalue weighted by Crippen LogP contribution is -2.35. The highest BCUT2D eigenvalue weighted by atomic mass is 35.5. The van der Waals surface area contributed by atoms with Crippen molar-refractivity contribution in [2.75, 3.05) is 13.1 Å². The van der Waals surface area contributed by atoms with Crippen molar-refractivity contribution in [3.63, 3.8) is 0 Å². The van der Waals surface area contributed by atoms with Gasteiger partial charge in [-0.05, 0) is 29.7 Å². The molecule has 1 aromatic heterocycles.